The molecule has 3 aromatic rings. The van der Waals surface area contributed by atoms with E-state index in [-0.39, 0.29) is 22.8 Å². The number of aromatic carboxylic acids is 1. The van der Waals surface area contributed by atoms with E-state index in [1.807, 2.05) is 0 Å². The third kappa shape index (κ3) is 2.47. The van der Waals surface area contributed by atoms with Gasteiger partial charge in [0.15, 0.2) is 0 Å². The first-order valence-corrected chi connectivity index (χ1v) is 6.37. The molecule has 0 saturated carbocycles. The normalized spacial score (nSPS) is 10.5. The molecule has 1 heterocycles. The molecule has 2 aromatic carbocycles. The summed E-state index contributed by atoms with van der Waals surface area (Å²) in [7, 11) is 0. The van der Waals surface area contributed by atoms with Crippen molar-refractivity contribution >= 4 is 28.5 Å². The number of carboxylic acids is 1. The average Bonchev–Trinajstić information content (AvgIpc) is 2.49. The van der Waals surface area contributed by atoms with E-state index in [4.69, 9.17) is 5.11 Å². The van der Waals surface area contributed by atoms with E-state index in [1.165, 1.54) is 18.2 Å². The molecule has 0 bridgehead atoms. The van der Waals surface area contributed by atoms with Crippen LogP contribution in [0.4, 0.5) is 11.6 Å². The summed E-state index contributed by atoms with van der Waals surface area (Å²) in [6, 6.07) is 10.9. The fraction of sp³-hybridized carbons (Fsp3) is 0. The van der Waals surface area contributed by atoms with Crippen molar-refractivity contribution in [3.8, 4) is 5.75 Å². The van der Waals surface area contributed by atoms with E-state index in [1.54, 1.807) is 24.3 Å². The minimum Gasteiger partial charge on any atom is -0.507 e. The third-order valence-electron chi connectivity index (χ3n) is 3.10. The summed E-state index contributed by atoms with van der Waals surface area (Å²) in [5, 5.41) is 21.7. The molecule has 0 unspecified atom stereocenters. The molecule has 0 aliphatic heterocycles. The van der Waals surface area contributed by atoms with Gasteiger partial charge in [0.2, 0.25) is 5.95 Å². The summed E-state index contributed by atoms with van der Waals surface area (Å²) in [4.78, 5) is 29.8. The number of phenols is 1. The molecule has 7 nitrogen and oxygen atoms in total. The van der Waals surface area contributed by atoms with Crippen molar-refractivity contribution in [2.45, 2.75) is 0 Å². The highest BCUT2D eigenvalue weighted by Crippen LogP contribution is 2.23. The van der Waals surface area contributed by atoms with Crippen molar-refractivity contribution in [2.75, 3.05) is 5.32 Å². The molecule has 0 amide bonds. The average molecular weight is 297 g/mol. The second-order valence-corrected chi connectivity index (χ2v) is 4.59. The molecular weight excluding hydrogens is 286 g/mol. The molecule has 4 N–H and O–H groups in total. The molecule has 0 spiro atoms. The molecule has 0 aliphatic rings. The van der Waals surface area contributed by atoms with Crippen molar-refractivity contribution in [2.24, 2.45) is 0 Å². The molecule has 0 saturated heterocycles. The molecule has 3 rings (SSSR count). The van der Waals surface area contributed by atoms with E-state index in [9.17, 15) is 14.7 Å². The van der Waals surface area contributed by atoms with E-state index >= 15 is 0 Å². The highest BCUT2D eigenvalue weighted by atomic mass is 16.4. The van der Waals surface area contributed by atoms with Crippen LogP contribution in [0, 0.1) is 0 Å². The number of benzene rings is 2. The van der Waals surface area contributed by atoms with Crippen LogP contribution in [0.3, 0.4) is 0 Å². The number of fused-ring (bicyclic) bond motifs is 1. The first-order chi connectivity index (χ1) is 10.5. The Hall–Kier alpha value is -3.35. The highest BCUT2D eigenvalue weighted by Gasteiger charge is 2.11. The zero-order valence-corrected chi connectivity index (χ0v) is 11.2. The molecule has 110 valence electrons. The third-order valence-corrected chi connectivity index (χ3v) is 3.10. The number of aromatic hydroxyl groups is 1. The predicted octanol–water partition coefficient (Wildman–Crippen LogP) is 2.07. The lowest BCUT2D eigenvalue weighted by atomic mass is 10.2. The van der Waals surface area contributed by atoms with Crippen LogP contribution >= 0.6 is 0 Å². The number of nitrogens with one attached hydrogen (secondary N) is 2. The molecular formula is C15H11N3O4. The minimum atomic E-state index is -1.25. The van der Waals surface area contributed by atoms with Gasteiger partial charge in [0.25, 0.3) is 5.56 Å². The SMILES string of the molecule is O=C(O)c1cc(Nc2nc3ccccc3c(=O)[nH]2)ccc1O. The van der Waals surface area contributed by atoms with Gasteiger partial charge in [-0.25, -0.2) is 9.78 Å². The van der Waals surface area contributed by atoms with Crippen molar-refractivity contribution < 1.29 is 15.0 Å². The first kappa shape index (κ1) is 13.6. The van der Waals surface area contributed by atoms with Gasteiger partial charge in [-0.1, -0.05) is 12.1 Å². The van der Waals surface area contributed by atoms with Crippen molar-refractivity contribution in [1.29, 1.82) is 0 Å². The van der Waals surface area contributed by atoms with Crippen LogP contribution in [0.2, 0.25) is 0 Å². The number of hydrogen-bond donors (Lipinski definition) is 4. The molecule has 0 radical (unpaired) electrons. The topological polar surface area (TPSA) is 115 Å². The Labute approximate surface area is 123 Å². The van der Waals surface area contributed by atoms with Crippen molar-refractivity contribution in [3.05, 3.63) is 58.4 Å². The monoisotopic (exact) mass is 297 g/mol. The maximum atomic E-state index is 11.9. The van der Waals surface area contributed by atoms with E-state index < -0.39 is 5.97 Å². The Balaban J connectivity index is 2.02. The zero-order chi connectivity index (χ0) is 15.7. The Morgan fingerprint density at radius 2 is 1.95 bits per heavy atom. The lowest BCUT2D eigenvalue weighted by Gasteiger charge is -2.08. The maximum absolute atomic E-state index is 11.9. The van der Waals surface area contributed by atoms with Crippen molar-refractivity contribution in [3.63, 3.8) is 0 Å². The van der Waals surface area contributed by atoms with Crippen LogP contribution in [0.15, 0.2) is 47.3 Å². The van der Waals surface area contributed by atoms with E-state index in [2.05, 4.69) is 15.3 Å². The Morgan fingerprint density at radius 3 is 2.73 bits per heavy atom. The number of H-pyrrole nitrogens is 1. The summed E-state index contributed by atoms with van der Waals surface area (Å²) in [5.74, 6) is -1.40. The highest BCUT2D eigenvalue weighted by molar-refractivity contribution is 5.92. The van der Waals surface area contributed by atoms with Gasteiger partial charge >= 0.3 is 5.97 Å². The minimum absolute atomic E-state index is 0.186. The van der Waals surface area contributed by atoms with Crippen LogP contribution < -0.4 is 10.9 Å². The van der Waals surface area contributed by atoms with Gasteiger partial charge in [0, 0.05) is 5.69 Å². The summed E-state index contributed by atoms with van der Waals surface area (Å²) < 4.78 is 0. The Kier molecular flexibility index (Phi) is 3.23. The van der Waals surface area contributed by atoms with Gasteiger partial charge in [-0.05, 0) is 30.3 Å². The van der Waals surface area contributed by atoms with Crippen LogP contribution in [-0.2, 0) is 0 Å². The Morgan fingerprint density at radius 1 is 1.18 bits per heavy atom. The van der Waals surface area contributed by atoms with Gasteiger partial charge < -0.3 is 15.5 Å². The predicted molar refractivity (Wildman–Crippen MR) is 80.7 cm³/mol. The fourth-order valence-corrected chi connectivity index (χ4v) is 2.07. The number of carbonyl (C=O) groups is 1. The van der Waals surface area contributed by atoms with Crippen molar-refractivity contribution in [1.82, 2.24) is 9.97 Å². The number of carboxylic acid groups (broad SMARTS) is 1. The molecule has 0 fully saturated rings. The standard InChI is InChI=1S/C15H11N3O4/c19-12-6-5-8(7-10(12)14(21)22)16-15-17-11-4-2-1-3-9(11)13(20)18-15/h1-7,19H,(H,21,22)(H2,16,17,18,20). The molecule has 0 aliphatic carbocycles. The smallest absolute Gasteiger partial charge is 0.339 e. The van der Waals surface area contributed by atoms with Gasteiger partial charge in [0.05, 0.1) is 10.9 Å². The maximum Gasteiger partial charge on any atom is 0.339 e. The summed E-state index contributed by atoms with van der Waals surface area (Å²) in [5.41, 5.74) is 0.359. The number of aromatic amines is 1. The van der Waals surface area contributed by atoms with Gasteiger partial charge in [-0.2, -0.15) is 0 Å². The second kappa shape index (κ2) is 5.21. The second-order valence-electron chi connectivity index (χ2n) is 4.59. The van der Waals surface area contributed by atoms with Crippen LogP contribution in [0.5, 0.6) is 5.75 Å². The summed E-state index contributed by atoms with van der Waals surface area (Å²) >= 11 is 0. The first-order valence-electron chi connectivity index (χ1n) is 6.37. The molecule has 1 aromatic heterocycles. The fourth-order valence-electron chi connectivity index (χ4n) is 2.07. The molecule has 7 heteroatoms. The lowest BCUT2D eigenvalue weighted by Crippen LogP contribution is -2.11. The number of rotatable bonds is 3. The van der Waals surface area contributed by atoms with Gasteiger partial charge in [-0.15, -0.1) is 0 Å². The van der Waals surface area contributed by atoms with Crippen LogP contribution in [0.25, 0.3) is 10.9 Å². The van der Waals surface area contributed by atoms with Gasteiger partial charge in [-0.3, -0.25) is 9.78 Å². The molecule has 0 atom stereocenters. The van der Waals surface area contributed by atoms with Crippen LogP contribution in [0.1, 0.15) is 10.4 Å². The summed E-state index contributed by atoms with van der Waals surface area (Å²) in [6.07, 6.45) is 0. The largest absolute Gasteiger partial charge is 0.507 e. The van der Waals surface area contributed by atoms with E-state index in [0.717, 1.165) is 0 Å². The number of anilines is 2. The van der Waals surface area contributed by atoms with E-state index in [0.29, 0.717) is 16.6 Å². The number of nitrogens with zero attached hydrogens (tertiary/aromatic N) is 1. The molecule has 22 heavy (non-hydrogen) atoms. The Bertz CT molecular complexity index is 933. The zero-order valence-electron chi connectivity index (χ0n) is 11.2. The summed E-state index contributed by atoms with van der Waals surface area (Å²) in [6.45, 7) is 0. The lowest BCUT2D eigenvalue weighted by molar-refractivity contribution is 0.0694. The van der Waals surface area contributed by atoms with Crippen LogP contribution in [-0.4, -0.2) is 26.2 Å². The number of para-hydroxylation sites is 1. The quantitative estimate of drug-likeness (QED) is 0.550. The number of aromatic nitrogens is 2. The van der Waals surface area contributed by atoms with Gasteiger partial charge in [0.1, 0.15) is 11.3 Å². The number of hydrogen-bond acceptors (Lipinski definition) is 5.